The maximum absolute atomic E-state index is 11.9. The van der Waals surface area contributed by atoms with Gasteiger partial charge in [0, 0.05) is 4.47 Å². The van der Waals surface area contributed by atoms with Crippen LogP contribution in [0, 0.1) is 20.8 Å². The third-order valence-corrected chi connectivity index (χ3v) is 4.41. The third-order valence-electron chi connectivity index (χ3n) is 3.36. The number of nitrogens with zero attached hydrogens (tertiary/aromatic N) is 1. The molecule has 6 heteroatoms. The molecule has 126 valence electrons. The molecule has 0 radical (unpaired) electrons. The number of carbonyl (C=O) groups is 1. The van der Waals surface area contributed by atoms with E-state index in [0.717, 1.165) is 25.6 Å². The van der Waals surface area contributed by atoms with Gasteiger partial charge in [-0.15, -0.1) is 0 Å². The summed E-state index contributed by atoms with van der Waals surface area (Å²) in [5.74, 6) is 0.331. The predicted octanol–water partition coefficient (Wildman–Crippen LogP) is 4.67. The minimum atomic E-state index is -0.315. The lowest BCUT2D eigenvalue weighted by atomic mass is 10.1. The average molecular weight is 454 g/mol. The summed E-state index contributed by atoms with van der Waals surface area (Å²) in [5.41, 5.74) is 6.68. The number of halogens is 2. The first-order valence-corrected chi connectivity index (χ1v) is 8.93. The van der Waals surface area contributed by atoms with Gasteiger partial charge >= 0.3 is 0 Å². The van der Waals surface area contributed by atoms with E-state index < -0.39 is 0 Å². The zero-order valence-corrected chi connectivity index (χ0v) is 16.9. The van der Waals surface area contributed by atoms with Gasteiger partial charge in [-0.1, -0.05) is 39.7 Å². The molecule has 2 aromatic rings. The highest BCUT2D eigenvalue weighted by atomic mass is 79.9. The Morgan fingerprint density at radius 1 is 1.17 bits per heavy atom. The van der Waals surface area contributed by atoms with E-state index in [9.17, 15) is 4.79 Å². The zero-order chi connectivity index (χ0) is 17.7. The van der Waals surface area contributed by atoms with Crippen LogP contribution in [0.1, 0.15) is 22.3 Å². The van der Waals surface area contributed by atoms with E-state index in [1.54, 1.807) is 6.21 Å². The van der Waals surface area contributed by atoms with Crippen LogP contribution in [0.25, 0.3) is 0 Å². The van der Waals surface area contributed by atoms with Crippen LogP contribution >= 0.6 is 31.9 Å². The highest BCUT2D eigenvalue weighted by Crippen LogP contribution is 2.32. The molecule has 0 saturated heterocycles. The fourth-order valence-corrected chi connectivity index (χ4v) is 3.74. The number of hydrogen-bond donors (Lipinski definition) is 1. The molecule has 0 heterocycles. The van der Waals surface area contributed by atoms with Crippen LogP contribution < -0.4 is 10.2 Å². The number of nitrogens with one attached hydrogen (secondary N) is 1. The van der Waals surface area contributed by atoms with Gasteiger partial charge < -0.3 is 4.74 Å². The van der Waals surface area contributed by atoms with E-state index in [2.05, 4.69) is 48.5 Å². The molecule has 0 atom stereocenters. The SMILES string of the molecule is Cc1ccc(C=NNC(=O)COc2c(C)cc(Br)cc2Br)c(C)c1. The van der Waals surface area contributed by atoms with Crippen LogP contribution in [0.3, 0.4) is 0 Å². The van der Waals surface area contributed by atoms with Crippen LogP contribution in [0.4, 0.5) is 0 Å². The number of benzene rings is 2. The smallest absolute Gasteiger partial charge is 0.277 e. The Hall–Kier alpha value is -1.66. The first kappa shape index (κ1) is 18.7. The van der Waals surface area contributed by atoms with Crippen molar-refractivity contribution in [1.82, 2.24) is 5.43 Å². The monoisotopic (exact) mass is 452 g/mol. The van der Waals surface area contributed by atoms with Crippen molar-refractivity contribution in [1.29, 1.82) is 0 Å². The second-order valence-electron chi connectivity index (χ2n) is 5.48. The first-order chi connectivity index (χ1) is 11.4. The molecule has 0 unspecified atom stereocenters. The van der Waals surface area contributed by atoms with Gasteiger partial charge in [0.05, 0.1) is 10.7 Å². The Morgan fingerprint density at radius 3 is 2.58 bits per heavy atom. The summed E-state index contributed by atoms with van der Waals surface area (Å²) in [4.78, 5) is 11.9. The van der Waals surface area contributed by atoms with Crippen molar-refractivity contribution in [3.63, 3.8) is 0 Å². The lowest BCUT2D eigenvalue weighted by molar-refractivity contribution is -0.123. The van der Waals surface area contributed by atoms with Crippen LogP contribution in [0.15, 0.2) is 44.4 Å². The second kappa shape index (κ2) is 8.44. The van der Waals surface area contributed by atoms with E-state index in [4.69, 9.17) is 4.74 Å². The largest absolute Gasteiger partial charge is 0.482 e. The van der Waals surface area contributed by atoms with Crippen molar-refractivity contribution < 1.29 is 9.53 Å². The average Bonchev–Trinajstić information content (AvgIpc) is 2.48. The van der Waals surface area contributed by atoms with E-state index in [1.807, 2.05) is 45.0 Å². The molecular formula is C18H18Br2N2O2. The summed E-state index contributed by atoms with van der Waals surface area (Å²) in [6.45, 7) is 5.86. The highest BCUT2D eigenvalue weighted by Gasteiger charge is 2.09. The van der Waals surface area contributed by atoms with Gasteiger partial charge in [-0.3, -0.25) is 4.79 Å². The van der Waals surface area contributed by atoms with E-state index >= 15 is 0 Å². The molecule has 0 aliphatic carbocycles. The van der Waals surface area contributed by atoms with Gasteiger partial charge in [0.15, 0.2) is 6.61 Å². The Morgan fingerprint density at radius 2 is 1.92 bits per heavy atom. The maximum Gasteiger partial charge on any atom is 0.277 e. The van der Waals surface area contributed by atoms with Crippen molar-refractivity contribution in [2.45, 2.75) is 20.8 Å². The lowest BCUT2D eigenvalue weighted by Gasteiger charge is -2.10. The topological polar surface area (TPSA) is 50.7 Å². The van der Waals surface area contributed by atoms with Crippen LogP contribution in [0.5, 0.6) is 5.75 Å². The number of hydrazone groups is 1. The molecule has 24 heavy (non-hydrogen) atoms. The van der Waals surface area contributed by atoms with Crippen molar-refractivity contribution in [3.8, 4) is 5.75 Å². The second-order valence-corrected chi connectivity index (χ2v) is 7.25. The molecule has 2 rings (SSSR count). The summed E-state index contributed by atoms with van der Waals surface area (Å²) in [5, 5.41) is 3.98. The first-order valence-electron chi connectivity index (χ1n) is 7.34. The summed E-state index contributed by atoms with van der Waals surface area (Å²) in [6, 6.07) is 9.85. The number of ether oxygens (including phenoxy) is 1. The molecule has 0 aromatic heterocycles. The minimum absolute atomic E-state index is 0.106. The fraction of sp³-hybridized carbons (Fsp3) is 0.222. The Balaban J connectivity index is 1.91. The number of hydrogen-bond acceptors (Lipinski definition) is 3. The van der Waals surface area contributed by atoms with Crippen molar-refractivity contribution in [2.75, 3.05) is 6.61 Å². The van der Waals surface area contributed by atoms with E-state index in [1.165, 1.54) is 5.56 Å². The minimum Gasteiger partial charge on any atom is -0.482 e. The Labute approximate surface area is 158 Å². The normalized spacial score (nSPS) is 10.9. The molecule has 1 N–H and O–H groups in total. The Kier molecular flexibility index (Phi) is 6.57. The quantitative estimate of drug-likeness (QED) is 0.528. The van der Waals surface area contributed by atoms with Crippen LogP contribution in [0.2, 0.25) is 0 Å². The van der Waals surface area contributed by atoms with Gasteiger partial charge in [0.1, 0.15) is 5.75 Å². The van der Waals surface area contributed by atoms with Gasteiger partial charge in [-0.2, -0.15) is 5.10 Å². The van der Waals surface area contributed by atoms with E-state index in [-0.39, 0.29) is 12.5 Å². The molecule has 0 aliphatic rings. The molecule has 4 nitrogen and oxygen atoms in total. The number of rotatable bonds is 5. The van der Waals surface area contributed by atoms with Gasteiger partial charge in [0.25, 0.3) is 5.91 Å². The molecule has 0 fully saturated rings. The molecular weight excluding hydrogens is 436 g/mol. The molecule has 0 aliphatic heterocycles. The Bertz CT molecular complexity index is 766. The molecule has 0 bridgehead atoms. The number of carbonyl (C=O) groups excluding carboxylic acids is 1. The summed E-state index contributed by atoms with van der Waals surface area (Å²) < 4.78 is 7.31. The van der Waals surface area contributed by atoms with Crippen molar-refractivity contribution in [2.24, 2.45) is 5.10 Å². The van der Waals surface area contributed by atoms with Gasteiger partial charge in [0.2, 0.25) is 0 Å². The summed E-state index contributed by atoms with van der Waals surface area (Å²) >= 11 is 6.84. The van der Waals surface area contributed by atoms with Crippen LogP contribution in [-0.2, 0) is 4.79 Å². The molecule has 0 saturated carbocycles. The van der Waals surface area contributed by atoms with Crippen LogP contribution in [-0.4, -0.2) is 18.7 Å². The standard InChI is InChI=1S/C18H18Br2N2O2/c1-11-4-5-14(12(2)6-11)9-21-22-17(23)10-24-18-13(3)7-15(19)8-16(18)20/h4-9H,10H2,1-3H3,(H,22,23). The summed E-state index contributed by atoms with van der Waals surface area (Å²) in [7, 11) is 0. The lowest BCUT2D eigenvalue weighted by Crippen LogP contribution is -2.24. The maximum atomic E-state index is 11.9. The zero-order valence-electron chi connectivity index (χ0n) is 13.7. The van der Waals surface area contributed by atoms with Gasteiger partial charge in [-0.05, 0) is 65.5 Å². The fourth-order valence-electron chi connectivity index (χ4n) is 2.19. The predicted molar refractivity (Wildman–Crippen MR) is 104 cm³/mol. The van der Waals surface area contributed by atoms with Gasteiger partial charge in [-0.25, -0.2) is 5.43 Å². The number of aryl methyl sites for hydroxylation is 3. The summed E-state index contributed by atoms with van der Waals surface area (Å²) in [6.07, 6.45) is 1.63. The third kappa shape index (κ3) is 5.18. The molecule has 2 aromatic carbocycles. The highest BCUT2D eigenvalue weighted by molar-refractivity contribution is 9.11. The van der Waals surface area contributed by atoms with Crippen molar-refractivity contribution >= 4 is 44.0 Å². The molecule has 1 amide bonds. The number of amides is 1. The molecule has 0 spiro atoms. The van der Waals surface area contributed by atoms with E-state index in [0.29, 0.717) is 5.75 Å². The van der Waals surface area contributed by atoms with Crippen molar-refractivity contribution in [3.05, 3.63) is 61.5 Å².